The second kappa shape index (κ2) is 9.24. The number of carbonyl (C=O) groups is 2. The minimum atomic E-state index is -0.484. The molecule has 2 atom stereocenters. The predicted octanol–water partition coefficient (Wildman–Crippen LogP) is 3.83. The van der Waals surface area contributed by atoms with Crippen LogP contribution in [0, 0.1) is 0 Å². The fourth-order valence-electron chi connectivity index (χ4n) is 3.40. The van der Waals surface area contributed by atoms with E-state index in [0.29, 0.717) is 11.7 Å². The molecule has 1 N–H and O–H groups in total. The molecule has 2 saturated heterocycles. The minimum Gasteiger partial charge on any atom is -0.376 e. The number of amides is 2. The number of amidine groups is 1. The standard InChI is InChI=1S/C22H23N3O3S/c26-20(23-16-8-3-1-4-9-16)14-19-21(27)25(15-18-12-7-13-28-18)22(29-19)24-17-10-5-2-6-11-17/h1-6,8-11,18-19H,7,12-15H2,(H,23,26)/t18-,19-/m0/s1. The topological polar surface area (TPSA) is 71.0 Å². The lowest BCUT2D eigenvalue weighted by atomic mass is 10.2. The first-order valence-electron chi connectivity index (χ1n) is 9.77. The quantitative estimate of drug-likeness (QED) is 0.787. The number of nitrogens with zero attached hydrogens (tertiary/aromatic N) is 2. The molecule has 0 radical (unpaired) electrons. The second-order valence-corrected chi connectivity index (χ2v) is 8.21. The van der Waals surface area contributed by atoms with Crippen LogP contribution in [0.15, 0.2) is 65.7 Å². The van der Waals surface area contributed by atoms with E-state index in [2.05, 4.69) is 10.3 Å². The third-order valence-electron chi connectivity index (χ3n) is 4.84. The van der Waals surface area contributed by atoms with E-state index in [1.54, 1.807) is 4.90 Å². The summed E-state index contributed by atoms with van der Waals surface area (Å²) in [6, 6.07) is 18.8. The highest BCUT2D eigenvalue weighted by molar-refractivity contribution is 8.15. The van der Waals surface area contributed by atoms with E-state index >= 15 is 0 Å². The van der Waals surface area contributed by atoms with Crippen molar-refractivity contribution in [1.29, 1.82) is 0 Å². The molecule has 0 aliphatic carbocycles. The summed E-state index contributed by atoms with van der Waals surface area (Å²) in [4.78, 5) is 31.9. The van der Waals surface area contributed by atoms with Crippen LogP contribution < -0.4 is 5.32 Å². The number of benzene rings is 2. The van der Waals surface area contributed by atoms with Gasteiger partial charge in [0, 0.05) is 18.7 Å². The summed E-state index contributed by atoms with van der Waals surface area (Å²) in [5.41, 5.74) is 1.51. The molecule has 0 aromatic heterocycles. The van der Waals surface area contributed by atoms with Gasteiger partial charge in [-0.3, -0.25) is 14.5 Å². The molecular weight excluding hydrogens is 386 g/mol. The van der Waals surface area contributed by atoms with Gasteiger partial charge in [-0.25, -0.2) is 4.99 Å². The highest BCUT2D eigenvalue weighted by Gasteiger charge is 2.40. The third kappa shape index (κ3) is 5.05. The molecule has 7 heteroatoms. The zero-order chi connectivity index (χ0) is 20.1. The van der Waals surface area contributed by atoms with Crippen molar-refractivity contribution in [2.24, 2.45) is 4.99 Å². The fourth-order valence-corrected chi connectivity index (χ4v) is 4.57. The molecule has 2 fully saturated rings. The van der Waals surface area contributed by atoms with Crippen LogP contribution in [0.25, 0.3) is 0 Å². The van der Waals surface area contributed by atoms with Gasteiger partial charge in [0.05, 0.1) is 18.3 Å². The van der Waals surface area contributed by atoms with E-state index < -0.39 is 5.25 Å². The number of hydrogen-bond donors (Lipinski definition) is 1. The van der Waals surface area contributed by atoms with E-state index in [4.69, 9.17) is 4.74 Å². The Morgan fingerprint density at radius 1 is 1.14 bits per heavy atom. The predicted molar refractivity (Wildman–Crippen MR) is 115 cm³/mol. The monoisotopic (exact) mass is 409 g/mol. The van der Waals surface area contributed by atoms with Crippen molar-refractivity contribution in [3.63, 3.8) is 0 Å². The lowest BCUT2D eigenvalue weighted by Crippen LogP contribution is -2.38. The van der Waals surface area contributed by atoms with Gasteiger partial charge in [0.1, 0.15) is 5.25 Å². The number of carbonyl (C=O) groups excluding carboxylic acids is 2. The van der Waals surface area contributed by atoms with Crippen molar-refractivity contribution in [3.05, 3.63) is 60.7 Å². The normalized spacial score (nSPS) is 23.0. The van der Waals surface area contributed by atoms with E-state index in [-0.39, 0.29) is 24.3 Å². The Bertz CT molecular complexity index is 883. The van der Waals surface area contributed by atoms with Crippen LogP contribution in [0.4, 0.5) is 11.4 Å². The maximum absolute atomic E-state index is 13.1. The molecule has 0 spiro atoms. The second-order valence-electron chi connectivity index (χ2n) is 7.04. The van der Waals surface area contributed by atoms with Gasteiger partial charge in [0.15, 0.2) is 5.17 Å². The van der Waals surface area contributed by atoms with Crippen molar-refractivity contribution in [1.82, 2.24) is 4.90 Å². The molecule has 6 nitrogen and oxygen atoms in total. The molecule has 0 unspecified atom stereocenters. The Balaban J connectivity index is 1.48. The Labute approximate surface area is 174 Å². The molecule has 29 heavy (non-hydrogen) atoms. The smallest absolute Gasteiger partial charge is 0.242 e. The van der Waals surface area contributed by atoms with Gasteiger partial charge in [-0.15, -0.1) is 0 Å². The number of hydrogen-bond acceptors (Lipinski definition) is 5. The zero-order valence-electron chi connectivity index (χ0n) is 16.0. The van der Waals surface area contributed by atoms with Crippen LogP contribution in [0.1, 0.15) is 19.3 Å². The van der Waals surface area contributed by atoms with Crippen molar-refractivity contribution in [3.8, 4) is 0 Å². The van der Waals surface area contributed by atoms with Crippen molar-refractivity contribution < 1.29 is 14.3 Å². The van der Waals surface area contributed by atoms with Crippen LogP contribution in [0.2, 0.25) is 0 Å². The third-order valence-corrected chi connectivity index (χ3v) is 6.01. The number of para-hydroxylation sites is 2. The summed E-state index contributed by atoms with van der Waals surface area (Å²) in [7, 11) is 0. The van der Waals surface area contributed by atoms with Crippen LogP contribution in [-0.4, -0.2) is 46.4 Å². The van der Waals surface area contributed by atoms with E-state index in [9.17, 15) is 9.59 Å². The Morgan fingerprint density at radius 2 is 1.86 bits per heavy atom. The van der Waals surface area contributed by atoms with Crippen LogP contribution >= 0.6 is 11.8 Å². The number of rotatable bonds is 6. The summed E-state index contributed by atoms with van der Waals surface area (Å²) in [5.74, 6) is -0.261. The van der Waals surface area contributed by atoms with E-state index in [0.717, 1.165) is 30.8 Å². The van der Waals surface area contributed by atoms with Gasteiger partial charge in [-0.1, -0.05) is 48.2 Å². The molecule has 2 aromatic carbocycles. The zero-order valence-corrected chi connectivity index (χ0v) is 16.8. The van der Waals surface area contributed by atoms with Crippen LogP contribution in [-0.2, 0) is 14.3 Å². The maximum Gasteiger partial charge on any atom is 0.242 e. The molecule has 2 amide bonds. The first-order valence-corrected chi connectivity index (χ1v) is 10.7. The molecule has 2 heterocycles. The Morgan fingerprint density at radius 3 is 2.55 bits per heavy atom. The highest BCUT2D eigenvalue weighted by Crippen LogP contribution is 2.33. The van der Waals surface area contributed by atoms with Crippen molar-refractivity contribution in [2.75, 3.05) is 18.5 Å². The van der Waals surface area contributed by atoms with E-state index in [1.165, 1.54) is 11.8 Å². The molecule has 2 aliphatic heterocycles. The number of nitrogens with one attached hydrogen (secondary N) is 1. The summed E-state index contributed by atoms with van der Waals surface area (Å²) in [6.07, 6.45) is 2.08. The van der Waals surface area contributed by atoms with Gasteiger partial charge in [0.2, 0.25) is 11.8 Å². The van der Waals surface area contributed by atoms with Gasteiger partial charge >= 0.3 is 0 Å². The molecule has 2 aliphatic rings. The fraction of sp³-hybridized carbons (Fsp3) is 0.318. The molecule has 2 aromatic rings. The van der Waals surface area contributed by atoms with Gasteiger partial charge < -0.3 is 10.1 Å². The lowest BCUT2D eigenvalue weighted by Gasteiger charge is -2.20. The Kier molecular flexibility index (Phi) is 6.27. The largest absolute Gasteiger partial charge is 0.376 e. The molecule has 150 valence electrons. The minimum absolute atomic E-state index is 0.0254. The van der Waals surface area contributed by atoms with Crippen molar-refractivity contribution >= 4 is 40.1 Å². The average Bonchev–Trinajstić information content (AvgIpc) is 3.34. The Hall–Kier alpha value is -2.64. The number of ether oxygens (including phenoxy) is 1. The van der Waals surface area contributed by atoms with Crippen LogP contribution in [0.3, 0.4) is 0 Å². The van der Waals surface area contributed by atoms with E-state index in [1.807, 2.05) is 60.7 Å². The molecule has 0 saturated carbocycles. The molecular formula is C22H23N3O3S. The number of thioether (sulfide) groups is 1. The summed E-state index contributed by atoms with van der Waals surface area (Å²) < 4.78 is 5.72. The lowest BCUT2D eigenvalue weighted by molar-refractivity contribution is -0.129. The average molecular weight is 410 g/mol. The van der Waals surface area contributed by atoms with Crippen molar-refractivity contribution in [2.45, 2.75) is 30.6 Å². The van der Waals surface area contributed by atoms with Crippen LogP contribution in [0.5, 0.6) is 0 Å². The summed E-state index contributed by atoms with van der Waals surface area (Å²) in [5, 5.41) is 3.00. The maximum atomic E-state index is 13.1. The van der Waals surface area contributed by atoms with Gasteiger partial charge in [-0.05, 0) is 37.1 Å². The summed E-state index contributed by atoms with van der Waals surface area (Å²) in [6.45, 7) is 1.21. The SMILES string of the molecule is O=C(C[C@@H]1SC(=Nc2ccccc2)N(C[C@@H]2CCCO2)C1=O)Nc1ccccc1. The number of anilines is 1. The highest BCUT2D eigenvalue weighted by atomic mass is 32.2. The molecule has 4 rings (SSSR count). The number of aliphatic imine (C=N–C) groups is 1. The van der Waals surface area contributed by atoms with Gasteiger partial charge in [0.25, 0.3) is 0 Å². The van der Waals surface area contributed by atoms with Gasteiger partial charge in [-0.2, -0.15) is 0 Å². The first kappa shape index (κ1) is 19.7. The summed E-state index contributed by atoms with van der Waals surface area (Å²) >= 11 is 1.35. The molecule has 0 bridgehead atoms. The first-order chi connectivity index (χ1) is 14.2.